The summed E-state index contributed by atoms with van der Waals surface area (Å²) in [6.07, 6.45) is 0. The van der Waals surface area contributed by atoms with Crippen molar-refractivity contribution in [1.29, 1.82) is 0 Å². The number of rotatable bonds is 2. The highest BCUT2D eigenvalue weighted by Gasteiger charge is 2.22. The topological polar surface area (TPSA) is 52.0 Å². The highest BCUT2D eigenvalue weighted by molar-refractivity contribution is 7.90. The monoisotopic (exact) mass is 322 g/mol. The van der Waals surface area contributed by atoms with E-state index in [0.29, 0.717) is 16.9 Å². The van der Waals surface area contributed by atoms with E-state index in [1.807, 2.05) is 48.5 Å². The number of fused-ring (bicyclic) bond motifs is 2. The molecule has 4 nitrogen and oxygen atoms in total. The van der Waals surface area contributed by atoms with Gasteiger partial charge in [-0.2, -0.15) is 0 Å². The standard InChI is InChI=1S/C18H14N2O2S/c1-13-19-17-8-4-5-9-18(17)20(13)23(21,22)16-11-10-14-6-2-3-7-15(14)12-16/h2-12H,1H3. The lowest BCUT2D eigenvalue weighted by Crippen LogP contribution is -2.14. The van der Waals surface area contributed by atoms with Crippen molar-refractivity contribution in [2.45, 2.75) is 11.8 Å². The predicted octanol–water partition coefficient (Wildman–Crippen LogP) is 3.73. The minimum Gasteiger partial charge on any atom is -0.232 e. The molecule has 5 heteroatoms. The van der Waals surface area contributed by atoms with Crippen LogP contribution >= 0.6 is 0 Å². The molecule has 0 spiro atoms. The molecule has 0 radical (unpaired) electrons. The summed E-state index contributed by atoms with van der Waals surface area (Å²) in [5.41, 5.74) is 1.27. The maximum Gasteiger partial charge on any atom is 0.269 e. The molecule has 0 unspecified atom stereocenters. The van der Waals surface area contributed by atoms with E-state index in [1.54, 1.807) is 25.1 Å². The van der Waals surface area contributed by atoms with Gasteiger partial charge in [0.25, 0.3) is 10.0 Å². The summed E-state index contributed by atoms with van der Waals surface area (Å²) in [7, 11) is -3.69. The molecule has 0 aliphatic carbocycles. The summed E-state index contributed by atoms with van der Waals surface area (Å²) in [5, 5.41) is 1.91. The molecule has 0 N–H and O–H groups in total. The number of para-hydroxylation sites is 2. The van der Waals surface area contributed by atoms with Crippen molar-refractivity contribution in [3.63, 3.8) is 0 Å². The number of benzene rings is 3. The van der Waals surface area contributed by atoms with E-state index >= 15 is 0 Å². The summed E-state index contributed by atoms with van der Waals surface area (Å²) in [5.74, 6) is 0.458. The second kappa shape index (κ2) is 4.93. The zero-order valence-electron chi connectivity index (χ0n) is 12.5. The summed E-state index contributed by atoms with van der Waals surface area (Å²) >= 11 is 0. The second-order valence-corrected chi connectivity index (χ2v) is 7.21. The first-order valence-corrected chi connectivity index (χ1v) is 8.70. The lowest BCUT2D eigenvalue weighted by Gasteiger charge is -2.09. The molecule has 23 heavy (non-hydrogen) atoms. The van der Waals surface area contributed by atoms with Crippen LogP contribution in [0.5, 0.6) is 0 Å². The number of hydrogen-bond acceptors (Lipinski definition) is 3. The Labute approximate surface area is 134 Å². The van der Waals surface area contributed by atoms with Gasteiger partial charge in [-0.15, -0.1) is 0 Å². The fourth-order valence-corrected chi connectivity index (χ4v) is 4.39. The van der Waals surface area contributed by atoms with E-state index in [-0.39, 0.29) is 4.90 Å². The average molecular weight is 322 g/mol. The number of hydrogen-bond donors (Lipinski definition) is 0. The Bertz CT molecular complexity index is 1140. The largest absolute Gasteiger partial charge is 0.269 e. The van der Waals surface area contributed by atoms with Crippen molar-refractivity contribution < 1.29 is 8.42 Å². The van der Waals surface area contributed by atoms with Crippen molar-refractivity contribution in [3.8, 4) is 0 Å². The minimum atomic E-state index is -3.69. The van der Waals surface area contributed by atoms with E-state index < -0.39 is 10.0 Å². The second-order valence-electron chi connectivity index (χ2n) is 5.43. The molecule has 0 atom stereocenters. The molecular weight excluding hydrogens is 308 g/mol. The number of imidazole rings is 1. The SMILES string of the molecule is Cc1nc2ccccc2n1S(=O)(=O)c1ccc2ccccc2c1. The van der Waals surface area contributed by atoms with Crippen LogP contribution in [0.1, 0.15) is 5.82 Å². The normalized spacial score (nSPS) is 12.0. The molecule has 0 saturated heterocycles. The number of aryl methyl sites for hydroxylation is 1. The molecule has 4 rings (SSSR count). The zero-order chi connectivity index (χ0) is 16.0. The fraction of sp³-hybridized carbons (Fsp3) is 0.0556. The first kappa shape index (κ1) is 14.0. The summed E-state index contributed by atoms with van der Waals surface area (Å²) in [4.78, 5) is 4.62. The first-order chi connectivity index (χ1) is 11.1. The third-order valence-electron chi connectivity index (χ3n) is 3.94. The van der Waals surface area contributed by atoms with Gasteiger partial charge in [0.2, 0.25) is 0 Å². The van der Waals surface area contributed by atoms with Crippen LogP contribution in [0.4, 0.5) is 0 Å². The van der Waals surface area contributed by atoms with Gasteiger partial charge < -0.3 is 0 Å². The summed E-state index contributed by atoms with van der Waals surface area (Å²) < 4.78 is 27.5. The molecule has 1 heterocycles. The molecule has 0 amide bonds. The molecule has 114 valence electrons. The van der Waals surface area contributed by atoms with Gasteiger partial charge >= 0.3 is 0 Å². The van der Waals surface area contributed by atoms with Crippen LogP contribution in [-0.2, 0) is 10.0 Å². The van der Waals surface area contributed by atoms with Crippen molar-refractivity contribution >= 4 is 31.8 Å². The van der Waals surface area contributed by atoms with E-state index in [2.05, 4.69) is 4.98 Å². The third kappa shape index (κ3) is 2.12. The summed E-state index contributed by atoms with van der Waals surface area (Å²) in [6, 6.07) is 20.1. The van der Waals surface area contributed by atoms with Gasteiger partial charge in [-0.25, -0.2) is 17.4 Å². The molecule has 3 aromatic carbocycles. The maximum absolute atomic E-state index is 13.1. The van der Waals surface area contributed by atoms with Gasteiger partial charge in [-0.3, -0.25) is 0 Å². The lowest BCUT2D eigenvalue weighted by molar-refractivity contribution is 0.587. The van der Waals surface area contributed by atoms with Gasteiger partial charge in [0.05, 0.1) is 15.9 Å². The van der Waals surface area contributed by atoms with Gasteiger partial charge in [0, 0.05) is 0 Å². The van der Waals surface area contributed by atoms with E-state index in [4.69, 9.17) is 0 Å². The minimum absolute atomic E-state index is 0.266. The molecule has 0 fully saturated rings. The highest BCUT2D eigenvalue weighted by atomic mass is 32.2. The average Bonchev–Trinajstić information content (AvgIpc) is 2.90. The molecule has 0 bridgehead atoms. The van der Waals surface area contributed by atoms with Crippen LogP contribution in [0.3, 0.4) is 0 Å². The van der Waals surface area contributed by atoms with Crippen LogP contribution in [0.2, 0.25) is 0 Å². The smallest absolute Gasteiger partial charge is 0.232 e. The van der Waals surface area contributed by atoms with Crippen LogP contribution < -0.4 is 0 Å². The number of nitrogens with zero attached hydrogens (tertiary/aromatic N) is 2. The Morgan fingerprint density at radius 1 is 0.870 bits per heavy atom. The van der Waals surface area contributed by atoms with E-state index in [1.165, 1.54) is 3.97 Å². The quantitative estimate of drug-likeness (QED) is 0.565. The molecular formula is C18H14N2O2S. The summed E-state index contributed by atoms with van der Waals surface area (Å²) in [6.45, 7) is 1.71. The van der Waals surface area contributed by atoms with Crippen LogP contribution in [0.25, 0.3) is 21.8 Å². The molecule has 0 aliphatic rings. The van der Waals surface area contributed by atoms with Gasteiger partial charge in [0.15, 0.2) is 0 Å². The Morgan fingerprint density at radius 2 is 1.57 bits per heavy atom. The van der Waals surface area contributed by atoms with Gasteiger partial charge in [-0.1, -0.05) is 42.5 Å². The van der Waals surface area contributed by atoms with Crippen molar-refractivity contribution in [1.82, 2.24) is 8.96 Å². The van der Waals surface area contributed by atoms with Crippen LogP contribution in [-0.4, -0.2) is 17.4 Å². The zero-order valence-corrected chi connectivity index (χ0v) is 13.3. The Morgan fingerprint density at radius 3 is 2.39 bits per heavy atom. The molecule has 4 aromatic rings. The van der Waals surface area contributed by atoms with Crippen molar-refractivity contribution in [2.75, 3.05) is 0 Å². The van der Waals surface area contributed by atoms with Gasteiger partial charge in [-0.05, 0) is 42.0 Å². The predicted molar refractivity (Wildman–Crippen MR) is 91.0 cm³/mol. The van der Waals surface area contributed by atoms with Crippen LogP contribution in [0, 0.1) is 6.92 Å². The Hall–Kier alpha value is -2.66. The highest BCUT2D eigenvalue weighted by Crippen LogP contribution is 2.25. The van der Waals surface area contributed by atoms with Crippen molar-refractivity contribution in [3.05, 3.63) is 72.6 Å². The molecule has 1 aromatic heterocycles. The maximum atomic E-state index is 13.1. The fourth-order valence-electron chi connectivity index (χ4n) is 2.86. The van der Waals surface area contributed by atoms with E-state index in [9.17, 15) is 8.42 Å². The molecule has 0 saturated carbocycles. The molecule has 0 aliphatic heterocycles. The van der Waals surface area contributed by atoms with E-state index in [0.717, 1.165) is 10.8 Å². The third-order valence-corrected chi connectivity index (χ3v) is 5.73. The van der Waals surface area contributed by atoms with Crippen molar-refractivity contribution in [2.24, 2.45) is 0 Å². The van der Waals surface area contributed by atoms with Gasteiger partial charge in [0.1, 0.15) is 5.82 Å². The number of aromatic nitrogens is 2. The lowest BCUT2D eigenvalue weighted by atomic mass is 10.1. The Balaban J connectivity index is 1.99. The van der Waals surface area contributed by atoms with Crippen LogP contribution in [0.15, 0.2) is 71.6 Å². The Kier molecular flexibility index (Phi) is 2.99. The first-order valence-electron chi connectivity index (χ1n) is 7.26.